The number of anilines is 1. The summed E-state index contributed by atoms with van der Waals surface area (Å²) >= 11 is 0. The second-order valence-electron chi connectivity index (χ2n) is 7.94. The standard InChI is InChI=1S/C22H24N4O3/c1-14(2)13-26-19-17(21(28)24(3)22(26)29)11-16(12-23-19)20(27)25-10-6-8-15-7-4-5-9-18(15)25/h4-5,7,9,11-12,14H,6,8,10,13H2,1-3H3. The lowest BCUT2D eigenvalue weighted by molar-refractivity contribution is 0.0985. The summed E-state index contributed by atoms with van der Waals surface area (Å²) in [5, 5.41) is 0.281. The van der Waals surface area contributed by atoms with Crippen LogP contribution >= 0.6 is 0 Å². The summed E-state index contributed by atoms with van der Waals surface area (Å²) in [5.74, 6) is 0.0246. The molecule has 7 nitrogen and oxygen atoms in total. The average molecular weight is 392 g/mol. The van der Waals surface area contributed by atoms with Gasteiger partial charge < -0.3 is 4.90 Å². The number of amides is 1. The Labute approximate surface area is 168 Å². The van der Waals surface area contributed by atoms with Gasteiger partial charge in [0.1, 0.15) is 5.65 Å². The van der Waals surface area contributed by atoms with E-state index in [1.54, 1.807) is 11.0 Å². The molecule has 4 rings (SSSR count). The molecule has 3 aromatic rings. The number of para-hydroxylation sites is 1. The van der Waals surface area contributed by atoms with Crippen LogP contribution in [0, 0.1) is 5.92 Å². The Hall–Kier alpha value is -3.22. The van der Waals surface area contributed by atoms with Gasteiger partial charge in [0.15, 0.2) is 0 Å². The Balaban J connectivity index is 1.84. The topological polar surface area (TPSA) is 77.2 Å². The molecule has 7 heteroatoms. The van der Waals surface area contributed by atoms with Crippen LogP contribution in [0.25, 0.3) is 11.0 Å². The molecule has 3 heterocycles. The van der Waals surface area contributed by atoms with E-state index in [-0.39, 0.29) is 17.2 Å². The molecule has 0 fully saturated rings. The second kappa shape index (κ2) is 7.31. The summed E-state index contributed by atoms with van der Waals surface area (Å²) in [5.41, 5.74) is 1.88. The zero-order valence-electron chi connectivity index (χ0n) is 16.9. The average Bonchev–Trinajstić information content (AvgIpc) is 2.73. The van der Waals surface area contributed by atoms with Crippen molar-refractivity contribution < 1.29 is 4.79 Å². The first-order valence-electron chi connectivity index (χ1n) is 9.88. The monoisotopic (exact) mass is 392 g/mol. The number of aromatic nitrogens is 3. The van der Waals surface area contributed by atoms with Crippen LogP contribution in [0.5, 0.6) is 0 Å². The molecule has 29 heavy (non-hydrogen) atoms. The minimum atomic E-state index is -0.439. The molecule has 0 saturated heterocycles. The minimum absolute atomic E-state index is 0.185. The first-order valence-corrected chi connectivity index (χ1v) is 9.88. The van der Waals surface area contributed by atoms with E-state index in [4.69, 9.17) is 0 Å². The number of pyridine rings is 1. The van der Waals surface area contributed by atoms with E-state index in [9.17, 15) is 14.4 Å². The fraction of sp³-hybridized carbons (Fsp3) is 0.364. The Morgan fingerprint density at radius 2 is 1.97 bits per heavy atom. The zero-order chi connectivity index (χ0) is 20.7. The lowest BCUT2D eigenvalue weighted by Crippen LogP contribution is -2.39. The van der Waals surface area contributed by atoms with Gasteiger partial charge in [-0.15, -0.1) is 0 Å². The van der Waals surface area contributed by atoms with Gasteiger partial charge >= 0.3 is 5.69 Å². The number of carbonyl (C=O) groups excluding carboxylic acids is 1. The highest BCUT2D eigenvalue weighted by Gasteiger charge is 2.24. The Morgan fingerprint density at radius 3 is 2.72 bits per heavy atom. The molecule has 0 N–H and O–H groups in total. The number of hydrogen-bond acceptors (Lipinski definition) is 4. The van der Waals surface area contributed by atoms with E-state index in [2.05, 4.69) is 4.98 Å². The van der Waals surface area contributed by atoms with Crippen molar-refractivity contribution in [3.05, 3.63) is 68.5 Å². The Bertz CT molecular complexity index is 1220. The lowest BCUT2D eigenvalue weighted by atomic mass is 10.0. The predicted molar refractivity (Wildman–Crippen MR) is 113 cm³/mol. The molecule has 0 spiro atoms. The van der Waals surface area contributed by atoms with Crippen LogP contribution in [-0.2, 0) is 20.0 Å². The van der Waals surface area contributed by atoms with Crippen molar-refractivity contribution in [1.29, 1.82) is 0 Å². The molecule has 1 aliphatic rings. The van der Waals surface area contributed by atoms with Crippen LogP contribution in [0.1, 0.15) is 36.2 Å². The van der Waals surface area contributed by atoms with Crippen molar-refractivity contribution in [3.8, 4) is 0 Å². The van der Waals surface area contributed by atoms with Crippen LogP contribution in [0.2, 0.25) is 0 Å². The van der Waals surface area contributed by atoms with Gasteiger partial charge in [-0.3, -0.25) is 18.7 Å². The molecule has 1 amide bonds. The molecule has 0 aliphatic carbocycles. The fourth-order valence-electron chi connectivity index (χ4n) is 3.92. The summed E-state index contributed by atoms with van der Waals surface area (Å²) in [4.78, 5) is 44.6. The molecule has 1 aromatic carbocycles. The van der Waals surface area contributed by atoms with Crippen LogP contribution in [-0.4, -0.2) is 26.6 Å². The lowest BCUT2D eigenvalue weighted by Gasteiger charge is -2.29. The van der Waals surface area contributed by atoms with Crippen LogP contribution < -0.4 is 16.1 Å². The Morgan fingerprint density at radius 1 is 1.21 bits per heavy atom. The largest absolute Gasteiger partial charge is 0.332 e. The molecule has 0 saturated carbocycles. The number of hydrogen-bond donors (Lipinski definition) is 0. The maximum atomic E-state index is 13.2. The number of rotatable bonds is 3. The van der Waals surface area contributed by atoms with Crippen LogP contribution in [0.4, 0.5) is 5.69 Å². The Kier molecular flexibility index (Phi) is 4.82. The number of aryl methyl sites for hydroxylation is 1. The maximum Gasteiger partial charge on any atom is 0.332 e. The highest BCUT2D eigenvalue weighted by atomic mass is 16.2. The highest BCUT2D eigenvalue weighted by Crippen LogP contribution is 2.28. The molecule has 0 bridgehead atoms. The van der Waals surface area contributed by atoms with Gasteiger partial charge in [-0.05, 0) is 36.5 Å². The number of benzene rings is 1. The smallest absolute Gasteiger partial charge is 0.308 e. The molecule has 1 aliphatic heterocycles. The highest BCUT2D eigenvalue weighted by molar-refractivity contribution is 6.07. The van der Waals surface area contributed by atoms with Gasteiger partial charge in [-0.1, -0.05) is 32.0 Å². The molecule has 0 atom stereocenters. The summed E-state index contributed by atoms with van der Waals surface area (Å²) in [6.07, 6.45) is 3.30. The van der Waals surface area contributed by atoms with Crippen molar-refractivity contribution in [1.82, 2.24) is 14.1 Å². The van der Waals surface area contributed by atoms with Gasteiger partial charge in [0.2, 0.25) is 0 Å². The fourth-order valence-corrected chi connectivity index (χ4v) is 3.92. The van der Waals surface area contributed by atoms with Gasteiger partial charge in [-0.25, -0.2) is 9.78 Å². The quantitative estimate of drug-likeness (QED) is 0.686. The van der Waals surface area contributed by atoms with Crippen molar-refractivity contribution >= 4 is 22.6 Å². The van der Waals surface area contributed by atoms with Gasteiger partial charge in [0, 0.05) is 32.0 Å². The van der Waals surface area contributed by atoms with E-state index >= 15 is 0 Å². The van der Waals surface area contributed by atoms with Gasteiger partial charge in [-0.2, -0.15) is 0 Å². The van der Waals surface area contributed by atoms with Crippen molar-refractivity contribution in [2.45, 2.75) is 33.2 Å². The van der Waals surface area contributed by atoms with Crippen molar-refractivity contribution in [3.63, 3.8) is 0 Å². The SMILES string of the molecule is CC(C)Cn1c(=O)n(C)c(=O)c2cc(C(=O)N3CCCc4ccccc43)cnc21. The number of nitrogens with zero attached hydrogens (tertiary/aromatic N) is 4. The number of carbonyl (C=O) groups is 1. The van der Waals surface area contributed by atoms with E-state index in [1.165, 1.54) is 17.8 Å². The maximum absolute atomic E-state index is 13.2. The molecule has 2 aromatic heterocycles. The van der Waals surface area contributed by atoms with Gasteiger partial charge in [0.05, 0.1) is 10.9 Å². The molecule has 150 valence electrons. The molecular weight excluding hydrogens is 368 g/mol. The van der Waals surface area contributed by atoms with Crippen molar-refractivity contribution in [2.24, 2.45) is 13.0 Å². The van der Waals surface area contributed by atoms with Gasteiger partial charge in [0.25, 0.3) is 11.5 Å². The summed E-state index contributed by atoms with van der Waals surface area (Å²) in [7, 11) is 1.45. The third kappa shape index (κ3) is 3.26. The van der Waals surface area contributed by atoms with Crippen LogP contribution in [0.3, 0.4) is 0 Å². The normalized spacial score (nSPS) is 13.7. The van der Waals surface area contributed by atoms with Crippen molar-refractivity contribution in [2.75, 3.05) is 11.4 Å². The van der Waals surface area contributed by atoms with E-state index in [0.717, 1.165) is 28.7 Å². The summed E-state index contributed by atoms with van der Waals surface area (Å²) in [6, 6.07) is 9.44. The van der Waals surface area contributed by atoms with E-state index < -0.39 is 11.2 Å². The first kappa shape index (κ1) is 19.1. The predicted octanol–water partition coefficient (Wildman–Crippen LogP) is 2.34. The second-order valence-corrected chi connectivity index (χ2v) is 7.94. The third-order valence-electron chi connectivity index (χ3n) is 5.33. The van der Waals surface area contributed by atoms with Crippen LogP contribution in [0.15, 0.2) is 46.1 Å². The summed E-state index contributed by atoms with van der Waals surface area (Å²) < 4.78 is 2.59. The van der Waals surface area contributed by atoms with E-state index in [1.807, 2.05) is 38.1 Å². The molecule has 0 radical (unpaired) electrons. The minimum Gasteiger partial charge on any atom is -0.308 e. The molecule has 0 unspecified atom stereocenters. The molecular formula is C22H24N4O3. The zero-order valence-corrected chi connectivity index (χ0v) is 16.9. The third-order valence-corrected chi connectivity index (χ3v) is 5.33. The van der Waals surface area contributed by atoms with E-state index in [0.29, 0.717) is 24.3 Å². The number of fused-ring (bicyclic) bond motifs is 2. The summed E-state index contributed by atoms with van der Waals surface area (Å²) in [6.45, 7) is 5.06. The first-order chi connectivity index (χ1) is 13.9.